The molecule has 1 heterocycles. The van der Waals surface area contributed by atoms with Crippen molar-refractivity contribution in [3.05, 3.63) is 65.9 Å². The molecule has 2 amide bonds. The summed E-state index contributed by atoms with van der Waals surface area (Å²) in [6.45, 7) is 1.64. The number of hydrogen-bond donors (Lipinski definition) is 2. The first-order chi connectivity index (χ1) is 13.1. The van der Waals surface area contributed by atoms with E-state index >= 15 is 0 Å². The molecule has 2 N–H and O–H groups in total. The zero-order chi connectivity index (χ0) is 19.2. The van der Waals surface area contributed by atoms with Gasteiger partial charge in [-0.1, -0.05) is 24.3 Å². The van der Waals surface area contributed by atoms with E-state index in [1.54, 1.807) is 30.5 Å². The first-order valence-electron chi connectivity index (χ1n) is 8.24. The van der Waals surface area contributed by atoms with Gasteiger partial charge in [-0.2, -0.15) is 10.4 Å². The summed E-state index contributed by atoms with van der Waals surface area (Å²) >= 11 is 0. The fraction of sp³-hybridized carbons (Fsp3) is 0.100. The molecule has 7 heteroatoms. The fourth-order valence-corrected chi connectivity index (χ4v) is 2.75. The van der Waals surface area contributed by atoms with E-state index in [1.807, 2.05) is 35.0 Å². The summed E-state index contributed by atoms with van der Waals surface area (Å²) in [4.78, 5) is 23.4. The monoisotopic (exact) mass is 359 g/mol. The predicted octanol–water partition coefficient (Wildman–Crippen LogP) is 2.89. The Bertz CT molecular complexity index is 1080. The number of carbonyl (C=O) groups excluding carboxylic acids is 2. The summed E-state index contributed by atoms with van der Waals surface area (Å²) in [5.41, 5.74) is 5.12. The van der Waals surface area contributed by atoms with Gasteiger partial charge < -0.3 is 9.88 Å². The third-order valence-corrected chi connectivity index (χ3v) is 3.88. The van der Waals surface area contributed by atoms with Crippen LogP contribution >= 0.6 is 0 Å². The molecule has 0 spiro atoms. The number of benzene rings is 2. The lowest BCUT2D eigenvalue weighted by atomic mass is 10.2. The van der Waals surface area contributed by atoms with Gasteiger partial charge in [0.15, 0.2) is 0 Å². The van der Waals surface area contributed by atoms with Gasteiger partial charge >= 0.3 is 0 Å². The van der Waals surface area contributed by atoms with E-state index in [9.17, 15) is 9.59 Å². The van der Waals surface area contributed by atoms with Crippen LogP contribution in [0.1, 0.15) is 22.8 Å². The minimum absolute atomic E-state index is 0.209. The molecule has 0 aliphatic rings. The number of carbonyl (C=O) groups is 2. The number of amides is 2. The van der Waals surface area contributed by atoms with Crippen LogP contribution in [0.3, 0.4) is 0 Å². The third kappa shape index (κ3) is 4.19. The molecule has 0 atom stereocenters. The van der Waals surface area contributed by atoms with Crippen LogP contribution in [0.2, 0.25) is 0 Å². The van der Waals surface area contributed by atoms with Gasteiger partial charge in [0.2, 0.25) is 5.91 Å². The molecule has 27 heavy (non-hydrogen) atoms. The molecule has 0 bridgehead atoms. The summed E-state index contributed by atoms with van der Waals surface area (Å²) in [5, 5.41) is 16.5. The Balaban J connectivity index is 1.76. The van der Waals surface area contributed by atoms with Gasteiger partial charge in [-0.25, -0.2) is 5.43 Å². The van der Waals surface area contributed by atoms with Gasteiger partial charge in [0.1, 0.15) is 6.54 Å². The van der Waals surface area contributed by atoms with E-state index < -0.39 is 0 Å². The lowest BCUT2D eigenvalue weighted by Crippen LogP contribution is -2.18. The van der Waals surface area contributed by atoms with Crippen LogP contribution in [0.5, 0.6) is 0 Å². The molecule has 0 saturated heterocycles. The zero-order valence-corrected chi connectivity index (χ0v) is 14.6. The molecule has 7 nitrogen and oxygen atoms in total. The minimum Gasteiger partial charge on any atom is -0.333 e. The van der Waals surface area contributed by atoms with E-state index in [0.717, 1.165) is 16.5 Å². The average Bonchev–Trinajstić information content (AvgIpc) is 3.00. The maximum atomic E-state index is 12.3. The molecular formula is C20H17N5O2. The van der Waals surface area contributed by atoms with E-state index in [-0.39, 0.29) is 18.4 Å². The molecule has 3 rings (SSSR count). The Morgan fingerprint density at radius 3 is 2.81 bits per heavy atom. The number of aromatic nitrogens is 1. The number of nitrogens with one attached hydrogen (secondary N) is 2. The highest BCUT2D eigenvalue weighted by Crippen LogP contribution is 2.19. The molecule has 0 saturated carbocycles. The second kappa shape index (κ2) is 7.97. The van der Waals surface area contributed by atoms with Gasteiger partial charge in [0, 0.05) is 40.8 Å². The number of anilines is 1. The summed E-state index contributed by atoms with van der Waals surface area (Å²) in [6.07, 6.45) is 3.37. The summed E-state index contributed by atoms with van der Waals surface area (Å²) in [5.74, 6) is -0.599. The Labute approximate surface area is 155 Å². The highest BCUT2D eigenvalue weighted by atomic mass is 16.2. The normalized spacial score (nSPS) is 10.7. The van der Waals surface area contributed by atoms with E-state index in [1.165, 1.54) is 6.92 Å². The Kier molecular flexibility index (Phi) is 5.28. The molecular weight excluding hydrogens is 342 g/mol. The summed E-state index contributed by atoms with van der Waals surface area (Å²) in [6, 6.07) is 16.4. The summed E-state index contributed by atoms with van der Waals surface area (Å²) < 4.78 is 1.83. The first-order valence-corrected chi connectivity index (χ1v) is 8.24. The second-order valence-corrected chi connectivity index (χ2v) is 5.85. The quantitative estimate of drug-likeness (QED) is 0.541. The number of rotatable bonds is 5. The van der Waals surface area contributed by atoms with Crippen molar-refractivity contribution in [2.45, 2.75) is 13.5 Å². The number of nitrogens with zero attached hydrogens (tertiary/aromatic N) is 3. The van der Waals surface area contributed by atoms with E-state index in [0.29, 0.717) is 11.3 Å². The number of hydrazone groups is 1. The lowest BCUT2D eigenvalue weighted by molar-refractivity contribution is -0.114. The zero-order valence-electron chi connectivity index (χ0n) is 14.6. The second-order valence-electron chi connectivity index (χ2n) is 5.85. The standard InChI is InChI=1S/C20H17N5O2/c1-14(26)23-17-6-4-5-15(11-17)20(27)24-22-12-16-13-25(10-9-21)19-8-3-2-7-18(16)19/h2-8,11-13H,10H2,1H3,(H,23,26)(H,24,27). The molecule has 3 aromatic rings. The van der Waals surface area contributed by atoms with Crippen LogP contribution in [-0.4, -0.2) is 22.6 Å². The highest BCUT2D eigenvalue weighted by molar-refractivity contribution is 6.01. The van der Waals surface area contributed by atoms with Crippen molar-refractivity contribution >= 4 is 34.6 Å². The SMILES string of the molecule is CC(=O)Nc1cccc(C(=O)NN=Cc2cn(CC#N)c3ccccc23)c1. The van der Waals surface area contributed by atoms with Crippen molar-refractivity contribution in [2.75, 3.05) is 5.32 Å². The van der Waals surface area contributed by atoms with Crippen molar-refractivity contribution in [3.8, 4) is 6.07 Å². The van der Waals surface area contributed by atoms with Gasteiger partial charge in [0.05, 0.1) is 12.3 Å². The Morgan fingerprint density at radius 2 is 2.04 bits per heavy atom. The van der Waals surface area contributed by atoms with Crippen molar-refractivity contribution in [1.82, 2.24) is 9.99 Å². The molecule has 134 valence electrons. The molecule has 1 aromatic heterocycles. The van der Waals surface area contributed by atoms with Crippen LogP contribution in [0.4, 0.5) is 5.69 Å². The molecule has 2 aromatic carbocycles. The van der Waals surface area contributed by atoms with Crippen LogP contribution < -0.4 is 10.7 Å². The van der Waals surface area contributed by atoms with Gasteiger partial charge in [-0.15, -0.1) is 0 Å². The Hall–Kier alpha value is -3.92. The van der Waals surface area contributed by atoms with Gasteiger partial charge in [0.25, 0.3) is 5.91 Å². The third-order valence-electron chi connectivity index (χ3n) is 3.88. The molecule has 0 unspecified atom stereocenters. The first kappa shape index (κ1) is 17.9. The van der Waals surface area contributed by atoms with Crippen LogP contribution in [0.25, 0.3) is 10.9 Å². The predicted molar refractivity (Wildman–Crippen MR) is 103 cm³/mol. The van der Waals surface area contributed by atoms with Crippen LogP contribution in [-0.2, 0) is 11.3 Å². The number of hydrogen-bond acceptors (Lipinski definition) is 4. The highest BCUT2D eigenvalue weighted by Gasteiger charge is 2.08. The number of fused-ring (bicyclic) bond motifs is 1. The Morgan fingerprint density at radius 1 is 1.22 bits per heavy atom. The maximum absolute atomic E-state index is 12.3. The molecule has 0 fully saturated rings. The van der Waals surface area contributed by atoms with Crippen molar-refractivity contribution in [3.63, 3.8) is 0 Å². The average molecular weight is 359 g/mol. The number of nitriles is 1. The smallest absolute Gasteiger partial charge is 0.271 e. The topological polar surface area (TPSA) is 99.3 Å². The van der Waals surface area contributed by atoms with Crippen molar-refractivity contribution in [1.29, 1.82) is 5.26 Å². The van der Waals surface area contributed by atoms with Gasteiger partial charge in [-0.3, -0.25) is 9.59 Å². The fourth-order valence-electron chi connectivity index (χ4n) is 2.75. The van der Waals surface area contributed by atoms with E-state index in [2.05, 4.69) is 21.9 Å². The van der Waals surface area contributed by atoms with Crippen LogP contribution in [0.15, 0.2) is 59.8 Å². The van der Waals surface area contributed by atoms with Crippen molar-refractivity contribution in [2.24, 2.45) is 5.10 Å². The van der Waals surface area contributed by atoms with Gasteiger partial charge in [-0.05, 0) is 24.3 Å². The number of para-hydroxylation sites is 1. The molecule has 0 aliphatic heterocycles. The minimum atomic E-state index is -0.390. The maximum Gasteiger partial charge on any atom is 0.271 e. The van der Waals surface area contributed by atoms with Crippen molar-refractivity contribution < 1.29 is 9.59 Å². The molecule has 0 aliphatic carbocycles. The molecule has 0 radical (unpaired) electrons. The van der Waals surface area contributed by atoms with Crippen LogP contribution in [0, 0.1) is 11.3 Å². The summed E-state index contributed by atoms with van der Waals surface area (Å²) in [7, 11) is 0. The largest absolute Gasteiger partial charge is 0.333 e. The lowest BCUT2D eigenvalue weighted by Gasteiger charge is -2.04. The van der Waals surface area contributed by atoms with E-state index in [4.69, 9.17) is 5.26 Å².